The van der Waals surface area contributed by atoms with Gasteiger partial charge in [-0.1, -0.05) is 41.7 Å². The number of ketones is 1. The van der Waals surface area contributed by atoms with Crippen LogP contribution in [0.4, 0.5) is 0 Å². The number of rotatable bonds is 7. The van der Waals surface area contributed by atoms with Gasteiger partial charge in [0.25, 0.3) is 0 Å². The van der Waals surface area contributed by atoms with Gasteiger partial charge < -0.3 is 9.15 Å². The lowest BCUT2D eigenvalue weighted by atomic mass is 10.2. The predicted molar refractivity (Wildman–Crippen MR) is 112 cm³/mol. The van der Waals surface area contributed by atoms with Crippen molar-refractivity contribution >= 4 is 58.0 Å². The lowest BCUT2D eigenvalue weighted by Crippen LogP contribution is -1.95. The van der Waals surface area contributed by atoms with Gasteiger partial charge in [0, 0.05) is 9.90 Å². The summed E-state index contributed by atoms with van der Waals surface area (Å²) in [5.41, 5.74) is 0. The van der Waals surface area contributed by atoms with Crippen molar-refractivity contribution in [1.29, 1.82) is 0 Å². The second-order valence-corrected chi connectivity index (χ2v) is 8.03. The van der Waals surface area contributed by atoms with Gasteiger partial charge in [-0.2, -0.15) is 0 Å². The largest absolute Gasteiger partial charge is 0.483 e. The van der Waals surface area contributed by atoms with E-state index in [0.717, 1.165) is 6.42 Å². The van der Waals surface area contributed by atoms with E-state index in [9.17, 15) is 4.79 Å². The Morgan fingerprint density at radius 3 is 2.56 bits per heavy atom. The third-order valence-corrected chi connectivity index (χ3v) is 5.68. The summed E-state index contributed by atoms with van der Waals surface area (Å²) in [7, 11) is 0. The molecule has 2 heterocycles. The zero-order chi connectivity index (χ0) is 19.4. The molecule has 0 bridgehead atoms. The molecular weight excluding hydrogens is 427 g/mol. The van der Waals surface area contributed by atoms with Crippen molar-refractivity contribution in [3.8, 4) is 5.75 Å². The van der Waals surface area contributed by atoms with Crippen LogP contribution in [-0.2, 0) is 13.0 Å². The Labute approximate surface area is 176 Å². The highest BCUT2D eigenvalue weighted by Gasteiger charge is 2.11. The first kappa shape index (κ1) is 20.0. The van der Waals surface area contributed by atoms with E-state index in [-0.39, 0.29) is 12.4 Å². The highest BCUT2D eigenvalue weighted by Crippen LogP contribution is 2.36. The van der Waals surface area contributed by atoms with E-state index >= 15 is 0 Å². The SMILES string of the molecule is CCc1ccc(C(=O)/C=C/c2ccc(COc3c(Cl)cc(Cl)cc3Cl)o2)s1. The molecule has 7 heteroatoms. The summed E-state index contributed by atoms with van der Waals surface area (Å²) in [4.78, 5) is 14.1. The van der Waals surface area contributed by atoms with Crippen LogP contribution in [0.3, 0.4) is 0 Å². The third kappa shape index (κ3) is 5.17. The van der Waals surface area contributed by atoms with E-state index in [4.69, 9.17) is 44.0 Å². The molecule has 0 unspecified atom stereocenters. The third-order valence-electron chi connectivity index (χ3n) is 3.66. The predicted octanol–water partition coefficient (Wildman–Crippen LogP) is 7.34. The zero-order valence-electron chi connectivity index (χ0n) is 14.3. The molecule has 0 aliphatic rings. The molecule has 0 fully saturated rings. The van der Waals surface area contributed by atoms with E-state index in [1.807, 2.05) is 12.1 Å². The van der Waals surface area contributed by atoms with Crippen molar-refractivity contribution in [2.24, 2.45) is 0 Å². The van der Waals surface area contributed by atoms with Gasteiger partial charge in [-0.3, -0.25) is 4.79 Å². The Morgan fingerprint density at radius 1 is 1.15 bits per heavy atom. The summed E-state index contributed by atoms with van der Waals surface area (Å²) in [6, 6.07) is 10.5. The van der Waals surface area contributed by atoms with Gasteiger partial charge in [0.2, 0.25) is 0 Å². The number of halogens is 3. The number of furan rings is 1. The van der Waals surface area contributed by atoms with Crippen molar-refractivity contribution < 1.29 is 13.9 Å². The summed E-state index contributed by atoms with van der Waals surface area (Å²) < 4.78 is 11.3. The highest BCUT2D eigenvalue weighted by atomic mass is 35.5. The second kappa shape index (κ2) is 8.98. The van der Waals surface area contributed by atoms with Crippen LogP contribution in [0, 0.1) is 0 Å². The number of carbonyl (C=O) groups is 1. The molecule has 3 aromatic rings. The van der Waals surface area contributed by atoms with E-state index < -0.39 is 0 Å². The summed E-state index contributed by atoms with van der Waals surface area (Å²) in [5, 5.41) is 1.09. The number of hydrogen-bond donors (Lipinski definition) is 0. The average molecular weight is 442 g/mol. The molecule has 0 spiro atoms. The summed E-state index contributed by atoms with van der Waals surface area (Å²) in [5.74, 6) is 1.43. The van der Waals surface area contributed by atoms with Gasteiger partial charge in [0.05, 0.1) is 14.9 Å². The Bertz CT molecular complexity index is 965. The van der Waals surface area contributed by atoms with Crippen LogP contribution in [0.15, 0.2) is 46.9 Å². The molecule has 27 heavy (non-hydrogen) atoms. The molecule has 0 N–H and O–H groups in total. The standard InChI is InChI=1S/C20H15Cl3O3S/c1-2-15-6-8-19(27-15)18(24)7-5-13-3-4-14(26-13)11-25-20-16(22)9-12(21)10-17(20)23/h3-10H,2,11H2,1H3/b7-5+. The maximum atomic E-state index is 12.2. The van der Waals surface area contributed by atoms with Gasteiger partial charge in [-0.05, 0) is 55.0 Å². The van der Waals surface area contributed by atoms with Crippen LogP contribution in [0.2, 0.25) is 15.1 Å². The van der Waals surface area contributed by atoms with Gasteiger partial charge in [-0.25, -0.2) is 0 Å². The fraction of sp³-hybridized carbons (Fsp3) is 0.150. The molecule has 3 rings (SSSR count). The van der Waals surface area contributed by atoms with Gasteiger partial charge >= 0.3 is 0 Å². The zero-order valence-corrected chi connectivity index (χ0v) is 17.4. The first-order valence-corrected chi connectivity index (χ1v) is 10.1. The van der Waals surface area contributed by atoms with E-state index in [1.54, 1.807) is 30.3 Å². The van der Waals surface area contributed by atoms with E-state index in [2.05, 4.69) is 6.92 Å². The van der Waals surface area contributed by atoms with Crippen LogP contribution in [0.25, 0.3) is 6.08 Å². The van der Waals surface area contributed by atoms with Crippen LogP contribution in [-0.4, -0.2) is 5.78 Å². The van der Waals surface area contributed by atoms with Gasteiger partial charge in [0.15, 0.2) is 11.5 Å². The average Bonchev–Trinajstić information content (AvgIpc) is 3.28. The molecule has 0 saturated heterocycles. The van der Waals surface area contributed by atoms with Crippen molar-refractivity contribution in [3.05, 3.63) is 78.8 Å². The van der Waals surface area contributed by atoms with Gasteiger partial charge in [-0.15, -0.1) is 11.3 Å². The summed E-state index contributed by atoms with van der Waals surface area (Å²) in [6.45, 7) is 2.21. The second-order valence-electron chi connectivity index (χ2n) is 5.61. The number of ether oxygens (including phenoxy) is 1. The molecule has 140 valence electrons. The first-order chi connectivity index (χ1) is 13.0. The van der Waals surface area contributed by atoms with E-state index in [1.165, 1.54) is 22.3 Å². The van der Waals surface area contributed by atoms with Crippen molar-refractivity contribution in [2.75, 3.05) is 0 Å². The number of allylic oxidation sites excluding steroid dienone is 1. The molecule has 2 aromatic heterocycles. The Hall–Kier alpha value is -1.72. The maximum absolute atomic E-state index is 12.2. The molecule has 0 aliphatic heterocycles. The number of thiophene rings is 1. The molecule has 0 amide bonds. The highest BCUT2D eigenvalue weighted by molar-refractivity contribution is 7.14. The minimum absolute atomic E-state index is 0.0476. The lowest BCUT2D eigenvalue weighted by Gasteiger charge is -2.08. The van der Waals surface area contributed by atoms with E-state index in [0.29, 0.717) is 37.2 Å². The topological polar surface area (TPSA) is 39.4 Å². The minimum atomic E-state index is -0.0476. The fourth-order valence-electron chi connectivity index (χ4n) is 2.31. The summed E-state index contributed by atoms with van der Waals surface area (Å²) in [6.07, 6.45) is 4.06. The molecule has 3 nitrogen and oxygen atoms in total. The van der Waals surface area contributed by atoms with Gasteiger partial charge in [0.1, 0.15) is 18.1 Å². The van der Waals surface area contributed by atoms with Crippen LogP contribution in [0.5, 0.6) is 5.75 Å². The molecule has 0 aliphatic carbocycles. The van der Waals surface area contributed by atoms with Crippen molar-refractivity contribution in [1.82, 2.24) is 0 Å². The number of benzene rings is 1. The van der Waals surface area contributed by atoms with Crippen LogP contribution >= 0.6 is 46.1 Å². The molecule has 0 saturated carbocycles. The van der Waals surface area contributed by atoms with Crippen molar-refractivity contribution in [2.45, 2.75) is 20.0 Å². The van der Waals surface area contributed by atoms with Crippen LogP contribution < -0.4 is 4.74 Å². The number of carbonyl (C=O) groups excluding carboxylic acids is 1. The smallest absolute Gasteiger partial charge is 0.195 e. The maximum Gasteiger partial charge on any atom is 0.195 e. The van der Waals surface area contributed by atoms with Crippen molar-refractivity contribution in [3.63, 3.8) is 0 Å². The monoisotopic (exact) mass is 440 g/mol. The molecular formula is C20H15Cl3O3S. The molecule has 0 radical (unpaired) electrons. The fourth-order valence-corrected chi connectivity index (χ4v) is 4.11. The Kier molecular flexibility index (Phi) is 6.66. The Balaban J connectivity index is 1.62. The lowest BCUT2D eigenvalue weighted by molar-refractivity contribution is 0.105. The molecule has 1 aromatic carbocycles. The minimum Gasteiger partial charge on any atom is -0.483 e. The Morgan fingerprint density at radius 2 is 1.89 bits per heavy atom. The number of hydrogen-bond acceptors (Lipinski definition) is 4. The number of aryl methyl sites for hydroxylation is 1. The summed E-state index contributed by atoms with van der Waals surface area (Å²) >= 11 is 19.6. The first-order valence-electron chi connectivity index (χ1n) is 8.13. The molecule has 0 atom stereocenters. The van der Waals surface area contributed by atoms with Crippen LogP contribution in [0.1, 0.15) is 33.0 Å². The quantitative estimate of drug-likeness (QED) is 0.284. The normalized spacial score (nSPS) is 11.3.